The molecule has 0 saturated carbocycles. The van der Waals surface area contributed by atoms with E-state index in [4.69, 9.17) is 11.6 Å². The van der Waals surface area contributed by atoms with Crippen LogP contribution in [0.5, 0.6) is 0 Å². The summed E-state index contributed by atoms with van der Waals surface area (Å²) < 4.78 is 1.79. The van der Waals surface area contributed by atoms with Crippen LogP contribution in [0.2, 0.25) is 5.15 Å². The summed E-state index contributed by atoms with van der Waals surface area (Å²) in [5.74, 6) is -0.170. The van der Waals surface area contributed by atoms with E-state index in [2.05, 4.69) is 10.1 Å². The van der Waals surface area contributed by atoms with E-state index in [1.165, 1.54) is 4.90 Å². The number of carbonyl (C=O) groups is 2. The first-order chi connectivity index (χ1) is 9.19. The van der Waals surface area contributed by atoms with E-state index in [1.54, 1.807) is 23.1 Å². The van der Waals surface area contributed by atoms with Gasteiger partial charge < -0.3 is 0 Å². The second kappa shape index (κ2) is 4.62. The van der Waals surface area contributed by atoms with E-state index >= 15 is 0 Å². The third kappa shape index (κ3) is 2.08. The van der Waals surface area contributed by atoms with Crippen LogP contribution in [0.15, 0.2) is 18.5 Å². The van der Waals surface area contributed by atoms with E-state index in [0.717, 1.165) is 10.9 Å². The van der Waals surface area contributed by atoms with Gasteiger partial charge >= 0.3 is 0 Å². The molecule has 98 valence electrons. The van der Waals surface area contributed by atoms with Crippen LogP contribution < -0.4 is 0 Å². The Hall–Kier alpha value is -1.95. The fourth-order valence-electron chi connectivity index (χ4n) is 2.36. The number of halogens is 1. The Kier molecular flexibility index (Phi) is 2.94. The molecule has 1 saturated heterocycles. The molecule has 0 aliphatic carbocycles. The summed E-state index contributed by atoms with van der Waals surface area (Å²) in [6.45, 7) is 0.426. The molecule has 1 unspecified atom stereocenters. The van der Waals surface area contributed by atoms with Gasteiger partial charge in [0.15, 0.2) is 0 Å². The predicted octanol–water partition coefficient (Wildman–Crippen LogP) is 1.40. The standard InChI is InChI=1S/C12H11ClN4O2/c13-11-3-8-5-15-17(10(8)6-14-11)9-1-2-16(7-18)12(19)4-9/h3,5-7,9H,1-2,4H2. The largest absolute Gasteiger partial charge is 0.285 e. The average Bonchev–Trinajstić information content (AvgIpc) is 2.81. The third-order valence-electron chi connectivity index (χ3n) is 3.36. The second-order valence-corrected chi connectivity index (χ2v) is 4.88. The highest BCUT2D eigenvalue weighted by Gasteiger charge is 2.27. The van der Waals surface area contributed by atoms with E-state index in [-0.39, 0.29) is 18.4 Å². The lowest BCUT2D eigenvalue weighted by molar-refractivity contribution is -0.141. The summed E-state index contributed by atoms with van der Waals surface area (Å²) in [6.07, 6.45) is 4.92. The number of hydrogen-bond acceptors (Lipinski definition) is 4. The highest BCUT2D eigenvalue weighted by Crippen LogP contribution is 2.26. The third-order valence-corrected chi connectivity index (χ3v) is 3.56. The summed E-state index contributed by atoms with van der Waals surface area (Å²) in [6, 6.07) is 1.70. The van der Waals surface area contributed by atoms with Gasteiger partial charge in [-0.05, 0) is 12.5 Å². The van der Waals surface area contributed by atoms with Crippen LogP contribution in [0.1, 0.15) is 18.9 Å². The Balaban J connectivity index is 1.93. The number of fused-ring (bicyclic) bond motifs is 1. The van der Waals surface area contributed by atoms with Gasteiger partial charge in [-0.15, -0.1) is 0 Å². The minimum atomic E-state index is -0.170. The van der Waals surface area contributed by atoms with Gasteiger partial charge in [-0.3, -0.25) is 19.2 Å². The van der Waals surface area contributed by atoms with Crippen LogP contribution >= 0.6 is 11.6 Å². The van der Waals surface area contributed by atoms with Crippen LogP contribution in [0.4, 0.5) is 0 Å². The molecule has 6 nitrogen and oxygen atoms in total. The molecule has 3 rings (SSSR count). The normalized spacial score (nSPS) is 19.9. The lowest BCUT2D eigenvalue weighted by Gasteiger charge is -2.28. The fraction of sp³-hybridized carbons (Fsp3) is 0.333. The predicted molar refractivity (Wildman–Crippen MR) is 68.6 cm³/mol. The molecule has 2 amide bonds. The van der Waals surface area contributed by atoms with Gasteiger partial charge in [0.2, 0.25) is 12.3 Å². The molecule has 0 bridgehead atoms. The number of aromatic nitrogens is 3. The Morgan fingerprint density at radius 3 is 3.00 bits per heavy atom. The zero-order chi connectivity index (χ0) is 13.4. The minimum absolute atomic E-state index is 0.0378. The molecule has 0 radical (unpaired) electrons. The number of carbonyl (C=O) groups excluding carboxylic acids is 2. The lowest BCUT2D eigenvalue weighted by atomic mass is 10.0. The van der Waals surface area contributed by atoms with Crippen molar-refractivity contribution in [2.24, 2.45) is 0 Å². The van der Waals surface area contributed by atoms with Crippen molar-refractivity contribution in [1.82, 2.24) is 19.7 Å². The summed E-state index contributed by atoms with van der Waals surface area (Å²) in [4.78, 5) is 27.7. The van der Waals surface area contributed by atoms with Crippen LogP contribution in [-0.4, -0.2) is 38.5 Å². The summed E-state index contributed by atoms with van der Waals surface area (Å²) >= 11 is 5.83. The van der Waals surface area contributed by atoms with Crippen molar-refractivity contribution in [2.75, 3.05) is 6.54 Å². The van der Waals surface area contributed by atoms with E-state index < -0.39 is 0 Å². The zero-order valence-electron chi connectivity index (χ0n) is 9.99. The highest BCUT2D eigenvalue weighted by atomic mass is 35.5. The SMILES string of the molecule is O=CN1CCC(n2ncc3cc(Cl)ncc32)CC1=O. The fourth-order valence-corrected chi connectivity index (χ4v) is 2.53. The van der Waals surface area contributed by atoms with Crippen molar-refractivity contribution < 1.29 is 9.59 Å². The minimum Gasteiger partial charge on any atom is -0.285 e. The summed E-state index contributed by atoms with van der Waals surface area (Å²) in [7, 11) is 0. The molecule has 3 heterocycles. The number of pyridine rings is 1. The van der Waals surface area contributed by atoms with Gasteiger partial charge in [-0.2, -0.15) is 5.10 Å². The highest BCUT2D eigenvalue weighted by molar-refractivity contribution is 6.30. The number of amides is 2. The molecular weight excluding hydrogens is 268 g/mol. The molecule has 2 aromatic rings. The number of rotatable bonds is 2. The lowest BCUT2D eigenvalue weighted by Crippen LogP contribution is -2.38. The molecule has 1 fully saturated rings. The topological polar surface area (TPSA) is 68.1 Å². The maximum atomic E-state index is 11.7. The van der Waals surface area contributed by atoms with Crippen molar-refractivity contribution in [2.45, 2.75) is 18.9 Å². The first-order valence-electron chi connectivity index (χ1n) is 5.92. The van der Waals surface area contributed by atoms with Crippen molar-refractivity contribution in [1.29, 1.82) is 0 Å². The molecule has 0 N–H and O–H groups in total. The Morgan fingerprint density at radius 1 is 1.42 bits per heavy atom. The van der Waals surface area contributed by atoms with Crippen LogP contribution in [0.25, 0.3) is 10.9 Å². The van der Waals surface area contributed by atoms with Crippen molar-refractivity contribution in [3.8, 4) is 0 Å². The van der Waals surface area contributed by atoms with Crippen LogP contribution in [0.3, 0.4) is 0 Å². The molecule has 0 aromatic carbocycles. The number of imide groups is 1. The number of nitrogens with zero attached hydrogens (tertiary/aromatic N) is 4. The maximum absolute atomic E-state index is 11.7. The quantitative estimate of drug-likeness (QED) is 0.615. The van der Waals surface area contributed by atoms with Crippen molar-refractivity contribution in [3.05, 3.63) is 23.6 Å². The molecule has 1 atom stereocenters. The van der Waals surface area contributed by atoms with Crippen LogP contribution in [-0.2, 0) is 9.59 Å². The maximum Gasteiger partial charge on any atom is 0.231 e. The molecule has 1 aliphatic heterocycles. The monoisotopic (exact) mass is 278 g/mol. The van der Waals surface area contributed by atoms with E-state index in [9.17, 15) is 9.59 Å². The summed E-state index contributed by atoms with van der Waals surface area (Å²) in [5.41, 5.74) is 0.849. The van der Waals surface area contributed by atoms with Gasteiger partial charge in [0.1, 0.15) is 5.15 Å². The Bertz CT molecular complexity index is 654. The van der Waals surface area contributed by atoms with E-state index in [0.29, 0.717) is 24.5 Å². The number of likely N-dealkylation sites (tertiary alicyclic amines) is 1. The molecule has 19 heavy (non-hydrogen) atoms. The van der Waals surface area contributed by atoms with Crippen molar-refractivity contribution in [3.63, 3.8) is 0 Å². The summed E-state index contributed by atoms with van der Waals surface area (Å²) in [5, 5.41) is 5.61. The Morgan fingerprint density at radius 2 is 2.26 bits per heavy atom. The van der Waals surface area contributed by atoms with Crippen molar-refractivity contribution >= 4 is 34.8 Å². The smallest absolute Gasteiger partial charge is 0.231 e. The molecule has 7 heteroatoms. The Labute approximate surface area is 114 Å². The second-order valence-electron chi connectivity index (χ2n) is 4.49. The number of piperidine rings is 1. The first kappa shape index (κ1) is 12.1. The first-order valence-corrected chi connectivity index (χ1v) is 6.30. The van der Waals surface area contributed by atoms with Gasteiger partial charge in [0.25, 0.3) is 0 Å². The molecule has 2 aromatic heterocycles. The van der Waals surface area contributed by atoms with Gasteiger partial charge in [0, 0.05) is 18.4 Å². The molecular formula is C12H11ClN4O2. The van der Waals surface area contributed by atoms with Gasteiger partial charge in [-0.25, -0.2) is 4.98 Å². The van der Waals surface area contributed by atoms with Gasteiger partial charge in [0.05, 0.1) is 24.0 Å². The van der Waals surface area contributed by atoms with Gasteiger partial charge in [-0.1, -0.05) is 11.6 Å². The average molecular weight is 279 g/mol. The molecule has 0 spiro atoms. The zero-order valence-corrected chi connectivity index (χ0v) is 10.7. The van der Waals surface area contributed by atoms with E-state index in [1.807, 2.05) is 0 Å². The number of hydrogen-bond donors (Lipinski definition) is 0. The molecule has 1 aliphatic rings. The van der Waals surface area contributed by atoms with Crippen LogP contribution in [0, 0.1) is 0 Å².